The van der Waals surface area contributed by atoms with Crippen LogP contribution in [-0.4, -0.2) is 48.3 Å². The van der Waals surface area contributed by atoms with Gasteiger partial charge in [0.25, 0.3) is 0 Å². The second-order valence-electron chi connectivity index (χ2n) is 5.63. The summed E-state index contributed by atoms with van der Waals surface area (Å²) >= 11 is 0. The number of amides is 2. The summed E-state index contributed by atoms with van der Waals surface area (Å²) < 4.78 is 13.0. The van der Waals surface area contributed by atoms with Gasteiger partial charge in [-0.25, -0.2) is 4.39 Å². The predicted octanol–water partition coefficient (Wildman–Crippen LogP) is 1.16. The maximum atomic E-state index is 13.0. The van der Waals surface area contributed by atoms with Crippen molar-refractivity contribution in [2.75, 3.05) is 26.7 Å². The molecule has 0 atom stereocenters. The number of likely N-dealkylation sites (N-methyl/N-ethyl adjacent to an activating group) is 1. The van der Waals surface area contributed by atoms with E-state index in [0.29, 0.717) is 13.1 Å². The van der Waals surface area contributed by atoms with Crippen molar-refractivity contribution in [1.82, 2.24) is 9.80 Å². The molecule has 20 heavy (non-hydrogen) atoms. The molecule has 1 heterocycles. The van der Waals surface area contributed by atoms with E-state index in [9.17, 15) is 14.0 Å². The van der Waals surface area contributed by atoms with Crippen molar-refractivity contribution in [2.24, 2.45) is 0 Å². The van der Waals surface area contributed by atoms with Gasteiger partial charge in [-0.15, -0.1) is 0 Å². The Morgan fingerprint density at radius 1 is 1.20 bits per heavy atom. The third kappa shape index (κ3) is 2.07. The van der Waals surface area contributed by atoms with Crippen LogP contribution in [0.1, 0.15) is 18.4 Å². The van der Waals surface area contributed by atoms with E-state index in [0.717, 1.165) is 18.4 Å². The summed E-state index contributed by atoms with van der Waals surface area (Å²) in [6, 6.07) is 6.13. The molecule has 4 nitrogen and oxygen atoms in total. The van der Waals surface area contributed by atoms with Crippen LogP contribution in [0.4, 0.5) is 4.39 Å². The normalized spacial score (nSPS) is 21.0. The Morgan fingerprint density at radius 2 is 1.85 bits per heavy atom. The van der Waals surface area contributed by atoms with Crippen LogP contribution in [0.2, 0.25) is 0 Å². The zero-order valence-electron chi connectivity index (χ0n) is 11.4. The van der Waals surface area contributed by atoms with Crippen LogP contribution < -0.4 is 0 Å². The van der Waals surface area contributed by atoms with Crippen molar-refractivity contribution >= 4 is 11.8 Å². The molecule has 1 saturated heterocycles. The van der Waals surface area contributed by atoms with E-state index in [4.69, 9.17) is 0 Å². The van der Waals surface area contributed by atoms with Crippen molar-refractivity contribution in [2.45, 2.75) is 18.3 Å². The molecule has 2 amide bonds. The average Bonchev–Trinajstić information content (AvgIpc) is 3.23. The standard InChI is InChI=1S/C15H17FN2O2/c1-17-8-9-18(10-13(17)19)14(20)15(6-7-15)11-2-4-12(16)5-3-11/h2-5H,6-10H2,1H3. The molecule has 0 spiro atoms. The summed E-state index contributed by atoms with van der Waals surface area (Å²) in [5.74, 6) is -0.322. The molecule has 3 rings (SSSR count). The number of benzene rings is 1. The lowest BCUT2D eigenvalue weighted by molar-refractivity contribution is -0.145. The molecule has 0 aromatic heterocycles. The SMILES string of the molecule is CN1CCN(C(=O)C2(c3ccc(F)cc3)CC2)CC1=O. The van der Waals surface area contributed by atoms with Crippen LogP contribution in [-0.2, 0) is 15.0 Å². The van der Waals surface area contributed by atoms with Crippen LogP contribution in [0.3, 0.4) is 0 Å². The van der Waals surface area contributed by atoms with Crippen molar-refractivity contribution in [1.29, 1.82) is 0 Å². The molecule has 1 saturated carbocycles. The number of carbonyl (C=O) groups excluding carboxylic acids is 2. The van der Waals surface area contributed by atoms with Gasteiger partial charge < -0.3 is 9.80 Å². The number of hydrogen-bond acceptors (Lipinski definition) is 2. The number of nitrogens with zero attached hydrogens (tertiary/aromatic N) is 2. The Hall–Kier alpha value is -1.91. The Morgan fingerprint density at radius 3 is 2.40 bits per heavy atom. The Kier molecular flexibility index (Phi) is 3.00. The minimum atomic E-state index is -0.524. The molecule has 0 unspecified atom stereocenters. The summed E-state index contributed by atoms with van der Waals surface area (Å²) in [7, 11) is 1.75. The van der Waals surface area contributed by atoms with Crippen LogP contribution in [0, 0.1) is 5.82 Å². The zero-order valence-corrected chi connectivity index (χ0v) is 11.4. The molecule has 1 aliphatic carbocycles. The first-order valence-corrected chi connectivity index (χ1v) is 6.82. The summed E-state index contributed by atoms with van der Waals surface area (Å²) in [5, 5.41) is 0. The van der Waals surface area contributed by atoms with Crippen LogP contribution in [0.5, 0.6) is 0 Å². The van der Waals surface area contributed by atoms with E-state index in [-0.39, 0.29) is 24.2 Å². The third-order valence-electron chi connectivity index (χ3n) is 4.30. The van der Waals surface area contributed by atoms with Crippen LogP contribution >= 0.6 is 0 Å². The van der Waals surface area contributed by atoms with E-state index >= 15 is 0 Å². The van der Waals surface area contributed by atoms with E-state index < -0.39 is 5.41 Å². The number of rotatable bonds is 2. The zero-order chi connectivity index (χ0) is 14.3. The molecule has 0 radical (unpaired) electrons. The average molecular weight is 276 g/mol. The van der Waals surface area contributed by atoms with Crippen molar-refractivity contribution in [3.8, 4) is 0 Å². The summed E-state index contributed by atoms with van der Waals surface area (Å²) in [6.07, 6.45) is 1.55. The number of carbonyl (C=O) groups is 2. The van der Waals surface area contributed by atoms with Crippen molar-refractivity contribution in [3.63, 3.8) is 0 Å². The van der Waals surface area contributed by atoms with Gasteiger partial charge in [-0.3, -0.25) is 9.59 Å². The molecule has 106 valence electrons. The van der Waals surface area contributed by atoms with Gasteiger partial charge in [0.1, 0.15) is 5.82 Å². The monoisotopic (exact) mass is 276 g/mol. The minimum Gasteiger partial charge on any atom is -0.342 e. The highest BCUT2D eigenvalue weighted by Gasteiger charge is 2.53. The molecule has 0 bridgehead atoms. The first kappa shape index (κ1) is 13.1. The minimum absolute atomic E-state index is 0.00515. The highest BCUT2D eigenvalue weighted by Crippen LogP contribution is 2.49. The fourth-order valence-corrected chi connectivity index (χ4v) is 2.75. The molecule has 0 N–H and O–H groups in total. The van der Waals surface area contributed by atoms with Gasteiger partial charge in [-0.1, -0.05) is 12.1 Å². The fraction of sp³-hybridized carbons (Fsp3) is 0.467. The Bertz CT molecular complexity index is 551. The van der Waals surface area contributed by atoms with E-state index in [1.165, 1.54) is 12.1 Å². The molecular formula is C15H17FN2O2. The molecule has 2 fully saturated rings. The quantitative estimate of drug-likeness (QED) is 0.813. The van der Waals surface area contributed by atoms with Gasteiger partial charge >= 0.3 is 0 Å². The fourth-order valence-electron chi connectivity index (χ4n) is 2.75. The lowest BCUT2D eigenvalue weighted by atomic mass is 9.94. The number of piperazine rings is 1. The largest absolute Gasteiger partial charge is 0.342 e. The van der Waals surface area contributed by atoms with Gasteiger partial charge in [-0.05, 0) is 30.5 Å². The number of halogens is 1. The Balaban J connectivity index is 1.80. The lowest BCUT2D eigenvalue weighted by Crippen LogP contribution is -2.53. The summed E-state index contributed by atoms with van der Waals surface area (Å²) in [5.41, 5.74) is 0.333. The second kappa shape index (κ2) is 4.58. The second-order valence-corrected chi connectivity index (χ2v) is 5.63. The van der Waals surface area contributed by atoms with Crippen molar-refractivity contribution in [3.05, 3.63) is 35.6 Å². The number of hydrogen-bond donors (Lipinski definition) is 0. The molecule has 5 heteroatoms. The van der Waals surface area contributed by atoms with Gasteiger partial charge in [0, 0.05) is 20.1 Å². The van der Waals surface area contributed by atoms with E-state index in [1.54, 1.807) is 29.0 Å². The molecule has 1 aromatic rings. The first-order chi connectivity index (χ1) is 9.53. The third-order valence-corrected chi connectivity index (χ3v) is 4.30. The van der Waals surface area contributed by atoms with Crippen LogP contribution in [0.25, 0.3) is 0 Å². The smallest absolute Gasteiger partial charge is 0.241 e. The van der Waals surface area contributed by atoms with Crippen LogP contribution in [0.15, 0.2) is 24.3 Å². The molecule has 1 aromatic carbocycles. The van der Waals surface area contributed by atoms with Gasteiger partial charge in [0.2, 0.25) is 11.8 Å². The first-order valence-electron chi connectivity index (χ1n) is 6.82. The summed E-state index contributed by atoms with van der Waals surface area (Å²) in [4.78, 5) is 27.7. The van der Waals surface area contributed by atoms with Gasteiger partial charge in [0.05, 0.1) is 12.0 Å². The Labute approximate surface area is 117 Å². The van der Waals surface area contributed by atoms with Crippen molar-refractivity contribution < 1.29 is 14.0 Å². The summed E-state index contributed by atoms with van der Waals surface area (Å²) in [6.45, 7) is 1.30. The highest BCUT2D eigenvalue weighted by atomic mass is 19.1. The maximum absolute atomic E-state index is 13.0. The topological polar surface area (TPSA) is 40.6 Å². The van der Waals surface area contributed by atoms with E-state index in [2.05, 4.69) is 0 Å². The van der Waals surface area contributed by atoms with E-state index in [1.807, 2.05) is 0 Å². The molecule has 1 aliphatic heterocycles. The van der Waals surface area contributed by atoms with Gasteiger partial charge in [0.15, 0.2) is 0 Å². The molecule has 2 aliphatic rings. The predicted molar refractivity (Wildman–Crippen MR) is 71.5 cm³/mol. The lowest BCUT2D eigenvalue weighted by Gasteiger charge is -2.34. The van der Waals surface area contributed by atoms with Gasteiger partial charge in [-0.2, -0.15) is 0 Å². The molecular weight excluding hydrogens is 259 g/mol. The maximum Gasteiger partial charge on any atom is 0.241 e. The highest BCUT2D eigenvalue weighted by molar-refractivity contribution is 5.94.